The van der Waals surface area contributed by atoms with Crippen molar-refractivity contribution in [1.82, 2.24) is 5.32 Å². The summed E-state index contributed by atoms with van der Waals surface area (Å²) in [6, 6.07) is 9.02. The van der Waals surface area contributed by atoms with Gasteiger partial charge in [0, 0.05) is 6.54 Å². The van der Waals surface area contributed by atoms with Crippen molar-refractivity contribution in [2.24, 2.45) is 5.92 Å². The quantitative estimate of drug-likeness (QED) is 0.743. The van der Waals surface area contributed by atoms with E-state index in [0.29, 0.717) is 0 Å². The zero-order valence-electron chi connectivity index (χ0n) is 8.01. The van der Waals surface area contributed by atoms with E-state index in [0.717, 1.165) is 5.56 Å². The Kier molecular flexibility index (Phi) is 2.41. The fourth-order valence-corrected chi connectivity index (χ4v) is 1.90. The summed E-state index contributed by atoms with van der Waals surface area (Å²) in [7, 11) is 0. The van der Waals surface area contributed by atoms with Gasteiger partial charge in [0.05, 0.1) is 11.8 Å². The minimum atomic E-state index is -0.929. The van der Waals surface area contributed by atoms with Gasteiger partial charge in [-0.1, -0.05) is 30.3 Å². The van der Waals surface area contributed by atoms with Crippen LogP contribution in [0.15, 0.2) is 30.3 Å². The molecule has 2 N–H and O–H groups in total. The average Bonchev–Trinajstić information content (AvgIpc) is 2.61. The van der Waals surface area contributed by atoms with Crippen LogP contribution in [-0.2, 0) is 9.59 Å². The molecule has 0 unspecified atom stereocenters. The summed E-state index contributed by atoms with van der Waals surface area (Å²) in [6.45, 7) is 0.216. The summed E-state index contributed by atoms with van der Waals surface area (Å²) in [4.78, 5) is 22.5. The molecule has 0 radical (unpaired) electrons. The third kappa shape index (κ3) is 1.70. The van der Waals surface area contributed by atoms with Crippen molar-refractivity contribution >= 4 is 11.9 Å². The fraction of sp³-hybridized carbons (Fsp3) is 0.273. The molecule has 2 rings (SSSR count). The van der Waals surface area contributed by atoms with Gasteiger partial charge in [0.1, 0.15) is 0 Å². The first kappa shape index (κ1) is 9.71. The minimum absolute atomic E-state index is 0.200. The Balaban J connectivity index is 2.33. The van der Waals surface area contributed by atoms with Gasteiger partial charge in [-0.25, -0.2) is 0 Å². The van der Waals surface area contributed by atoms with Gasteiger partial charge in [0.25, 0.3) is 0 Å². The summed E-state index contributed by atoms with van der Waals surface area (Å²) >= 11 is 0. The largest absolute Gasteiger partial charge is 0.481 e. The molecule has 0 aromatic heterocycles. The molecule has 1 saturated heterocycles. The van der Waals surface area contributed by atoms with E-state index in [1.165, 1.54) is 0 Å². The highest BCUT2D eigenvalue weighted by Gasteiger charge is 2.40. The van der Waals surface area contributed by atoms with Crippen LogP contribution in [0.4, 0.5) is 0 Å². The standard InChI is InChI=1S/C11H11NO3/c13-10-9(7-4-2-1-3-5-7)8(6-12-10)11(14)15/h1-5,8-9H,6H2,(H,12,13)(H,14,15)/t8-,9+/m0/s1. The molecule has 15 heavy (non-hydrogen) atoms. The number of benzene rings is 1. The minimum Gasteiger partial charge on any atom is -0.481 e. The summed E-state index contributed by atoms with van der Waals surface area (Å²) < 4.78 is 0. The maximum atomic E-state index is 11.5. The van der Waals surface area contributed by atoms with Gasteiger partial charge < -0.3 is 10.4 Å². The van der Waals surface area contributed by atoms with Crippen molar-refractivity contribution in [1.29, 1.82) is 0 Å². The fourth-order valence-electron chi connectivity index (χ4n) is 1.90. The van der Waals surface area contributed by atoms with Crippen LogP contribution < -0.4 is 5.32 Å². The van der Waals surface area contributed by atoms with Gasteiger partial charge in [-0.3, -0.25) is 9.59 Å². The van der Waals surface area contributed by atoms with Gasteiger partial charge in [-0.05, 0) is 5.56 Å². The molecule has 1 fully saturated rings. The average molecular weight is 205 g/mol. The number of hydrogen-bond donors (Lipinski definition) is 2. The molecule has 4 heteroatoms. The highest BCUT2D eigenvalue weighted by molar-refractivity contribution is 5.92. The molecule has 1 aliphatic rings. The molecular weight excluding hydrogens is 194 g/mol. The molecule has 0 bridgehead atoms. The number of hydrogen-bond acceptors (Lipinski definition) is 2. The van der Waals surface area contributed by atoms with Crippen molar-refractivity contribution in [3.05, 3.63) is 35.9 Å². The molecule has 4 nitrogen and oxygen atoms in total. The van der Waals surface area contributed by atoms with Crippen LogP contribution in [0.25, 0.3) is 0 Å². The van der Waals surface area contributed by atoms with Gasteiger partial charge >= 0.3 is 5.97 Å². The van der Waals surface area contributed by atoms with Crippen LogP contribution in [-0.4, -0.2) is 23.5 Å². The second kappa shape index (κ2) is 3.73. The van der Waals surface area contributed by atoms with Crippen molar-refractivity contribution in [2.45, 2.75) is 5.92 Å². The molecule has 1 heterocycles. The number of nitrogens with one attached hydrogen (secondary N) is 1. The molecule has 0 saturated carbocycles. The predicted octanol–water partition coefficient (Wildman–Crippen LogP) is 0.601. The first-order valence-corrected chi connectivity index (χ1v) is 4.75. The van der Waals surface area contributed by atoms with Crippen LogP contribution in [0.3, 0.4) is 0 Å². The second-order valence-corrected chi connectivity index (χ2v) is 3.58. The van der Waals surface area contributed by atoms with Crippen LogP contribution in [0, 0.1) is 5.92 Å². The van der Waals surface area contributed by atoms with Gasteiger partial charge in [-0.15, -0.1) is 0 Å². The summed E-state index contributed by atoms with van der Waals surface area (Å²) in [6.07, 6.45) is 0. The van der Waals surface area contributed by atoms with E-state index in [9.17, 15) is 9.59 Å². The van der Waals surface area contributed by atoms with Crippen LogP contribution in [0.1, 0.15) is 11.5 Å². The lowest BCUT2D eigenvalue weighted by Gasteiger charge is -2.12. The Bertz CT molecular complexity index is 388. The molecule has 1 amide bonds. The summed E-state index contributed by atoms with van der Waals surface area (Å²) in [5.74, 6) is -2.33. The Labute approximate surface area is 86.9 Å². The molecular formula is C11H11NO3. The Hall–Kier alpha value is -1.84. The van der Waals surface area contributed by atoms with E-state index in [1.54, 1.807) is 24.3 Å². The maximum absolute atomic E-state index is 11.5. The van der Waals surface area contributed by atoms with Crippen LogP contribution >= 0.6 is 0 Å². The Morgan fingerprint density at radius 3 is 2.60 bits per heavy atom. The van der Waals surface area contributed by atoms with Crippen LogP contribution in [0.5, 0.6) is 0 Å². The zero-order chi connectivity index (χ0) is 10.8. The molecule has 1 aromatic carbocycles. The number of carbonyl (C=O) groups excluding carboxylic acids is 1. The molecule has 0 aliphatic carbocycles. The normalized spacial score (nSPS) is 24.9. The maximum Gasteiger partial charge on any atom is 0.309 e. The van der Waals surface area contributed by atoms with E-state index in [2.05, 4.69) is 5.32 Å². The van der Waals surface area contributed by atoms with E-state index >= 15 is 0 Å². The van der Waals surface area contributed by atoms with Gasteiger partial charge in [0.15, 0.2) is 0 Å². The van der Waals surface area contributed by atoms with E-state index < -0.39 is 17.8 Å². The third-order valence-corrected chi connectivity index (χ3v) is 2.66. The van der Waals surface area contributed by atoms with E-state index in [1.807, 2.05) is 6.07 Å². The van der Waals surface area contributed by atoms with Crippen molar-refractivity contribution < 1.29 is 14.7 Å². The third-order valence-electron chi connectivity index (χ3n) is 2.66. The lowest BCUT2D eigenvalue weighted by molar-refractivity contribution is -0.142. The lowest BCUT2D eigenvalue weighted by Crippen LogP contribution is -2.21. The topological polar surface area (TPSA) is 66.4 Å². The van der Waals surface area contributed by atoms with Gasteiger partial charge in [0.2, 0.25) is 5.91 Å². The summed E-state index contributed by atoms with van der Waals surface area (Å²) in [5, 5.41) is 11.6. The summed E-state index contributed by atoms with van der Waals surface area (Å²) in [5.41, 5.74) is 0.764. The van der Waals surface area contributed by atoms with Crippen LogP contribution in [0.2, 0.25) is 0 Å². The predicted molar refractivity (Wildman–Crippen MR) is 53.3 cm³/mol. The zero-order valence-corrected chi connectivity index (χ0v) is 8.01. The van der Waals surface area contributed by atoms with E-state index in [4.69, 9.17) is 5.11 Å². The lowest BCUT2D eigenvalue weighted by atomic mass is 9.88. The highest BCUT2D eigenvalue weighted by Crippen LogP contribution is 2.28. The highest BCUT2D eigenvalue weighted by atomic mass is 16.4. The molecule has 2 atom stereocenters. The van der Waals surface area contributed by atoms with Crippen molar-refractivity contribution in [3.8, 4) is 0 Å². The first-order valence-electron chi connectivity index (χ1n) is 4.75. The first-order chi connectivity index (χ1) is 7.20. The number of carboxylic acid groups (broad SMARTS) is 1. The van der Waals surface area contributed by atoms with E-state index in [-0.39, 0.29) is 12.5 Å². The Morgan fingerprint density at radius 2 is 2.00 bits per heavy atom. The monoisotopic (exact) mass is 205 g/mol. The number of rotatable bonds is 2. The number of amides is 1. The smallest absolute Gasteiger partial charge is 0.309 e. The number of carbonyl (C=O) groups is 2. The number of carboxylic acids is 1. The van der Waals surface area contributed by atoms with Crippen molar-refractivity contribution in [2.75, 3.05) is 6.54 Å². The second-order valence-electron chi connectivity index (χ2n) is 3.58. The van der Waals surface area contributed by atoms with Crippen molar-refractivity contribution in [3.63, 3.8) is 0 Å². The molecule has 1 aliphatic heterocycles. The Morgan fingerprint density at radius 1 is 1.33 bits per heavy atom. The molecule has 78 valence electrons. The SMILES string of the molecule is O=C(O)[C@H]1CNC(=O)[C@@H]1c1ccccc1. The molecule has 0 spiro atoms. The number of aliphatic carboxylic acids is 1. The van der Waals surface area contributed by atoms with Gasteiger partial charge in [-0.2, -0.15) is 0 Å². The molecule has 1 aromatic rings.